The summed E-state index contributed by atoms with van der Waals surface area (Å²) in [5, 5.41) is 4.90. The third kappa shape index (κ3) is 1.43. The van der Waals surface area contributed by atoms with E-state index in [1.54, 1.807) is 0 Å². The second kappa shape index (κ2) is 3.45. The van der Waals surface area contributed by atoms with Gasteiger partial charge in [0, 0.05) is 16.8 Å². The van der Waals surface area contributed by atoms with Crippen molar-refractivity contribution >= 4 is 15.9 Å². The second-order valence-corrected chi connectivity index (χ2v) is 4.48. The lowest BCUT2D eigenvalue weighted by Gasteiger charge is -2.22. The van der Waals surface area contributed by atoms with Crippen molar-refractivity contribution in [2.45, 2.75) is 43.9 Å². The van der Waals surface area contributed by atoms with Crippen LogP contribution in [-0.4, -0.2) is 5.16 Å². The molecule has 0 aromatic carbocycles. The monoisotopic (exact) mass is 243 g/mol. The topological polar surface area (TPSA) is 26.0 Å². The van der Waals surface area contributed by atoms with Gasteiger partial charge in [-0.2, -0.15) is 0 Å². The molecule has 0 aliphatic heterocycles. The fraction of sp³-hybridized carbons (Fsp3) is 0.700. The molecule has 2 atom stereocenters. The standard InChI is InChI=1S/C10H14BrNO/c1-6-3-4-7(2)10-9(6)8(5-11)12-13-10/h6-7H,3-5H2,1-2H3. The van der Waals surface area contributed by atoms with E-state index in [1.165, 1.54) is 18.4 Å². The lowest BCUT2D eigenvalue weighted by atomic mass is 9.82. The van der Waals surface area contributed by atoms with Crippen LogP contribution < -0.4 is 0 Å². The van der Waals surface area contributed by atoms with E-state index in [-0.39, 0.29) is 0 Å². The van der Waals surface area contributed by atoms with Crippen molar-refractivity contribution in [1.29, 1.82) is 0 Å². The maximum Gasteiger partial charge on any atom is 0.143 e. The molecule has 0 radical (unpaired) electrons. The molecule has 0 amide bonds. The Morgan fingerprint density at radius 1 is 1.38 bits per heavy atom. The van der Waals surface area contributed by atoms with Crippen molar-refractivity contribution in [3.63, 3.8) is 0 Å². The van der Waals surface area contributed by atoms with Gasteiger partial charge in [0.25, 0.3) is 0 Å². The molecule has 0 saturated heterocycles. The lowest BCUT2D eigenvalue weighted by Crippen LogP contribution is -2.09. The SMILES string of the molecule is CC1CCC(C)c2c(CBr)noc21. The Balaban J connectivity index is 2.47. The van der Waals surface area contributed by atoms with Gasteiger partial charge in [0.2, 0.25) is 0 Å². The smallest absolute Gasteiger partial charge is 0.143 e. The van der Waals surface area contributed by atoms with Crippen LogP contribution in [-0.2, 0) is 5.33 Å². The lowest BCUT2D eigenvalue weighted by molar-refractivity contribution is 0.340. The number of rotatable bonds is 1. The quantitative estimate of drug-likeness (QED) is 0.706. The molecule has 0 spiro atoms. The second-order valence-electron chi connectivity index (χ2n) is 3.92. The first-order valence-electron chi connectivity index (χ1n) is 4.78. The Kier molecular flexibility index (Phi) is 2.45. The molecule has 1 aliphatic rings. The summed E-state index contributed by atoms with van der Waals surface area (Å²) in [4.78, 5) is 0. The highest BCUT2D eigenvalue weighted by molar-refractivity contribution is 9.08. The zero-order valence-electron chi connectivity index (χ0n) is 8.01. The van der Waals surface area contributed by atoms with Crippen LogP contribution in [0.3, 0.4) is 0 Å². The average molecular weight is 244 g/mol. The molecule has 2 nitrogen and oxygen atoms in total. The molecule has 0 bridgehead atoms. The predicted octanol–water partition coefficient (Wildman–Crippen LogP) is 3.57. The molecule has 1 aromatic heterocycles. The highest BCUT2D eigenvalue weighted by Crippen LogP contribution is 2.40. The minimum atomic E-state index is 0.548. The van der Waals surface area contributed by atoms with Crippen LogP contribution in [0.15, 0.2) is 4.52 Å². The molecular weight excluding hydrogens is 230 g/mol. The first-order valence-corrected chi connectivity index (χ1v) is 5.90. The van der Waals surface area contributed by atoms with Gasteiger partial charge >= 0.3 is 0 Å². The zero-order chi connectivity index (χ0) is 9.42. The first kappa shape index (κ1) is 9.25. The summed E-state index contributed by atoms with van der Waals surface area (Å²) in [6.45, 7) is 4.47. The minimum absolute atomic E-state index is 0.548. The van der Waals surface area contributed by atoms with E-state index in [2.05, 4.69) is 34.9 Å². The summed E-state index contributed by atoms with van der Waals surface area (Å²) < 4.78 is 5.38. The average Bonchev–Trinajstić information content (AvgIpc) is 2.56. The van der Waals surface area contributed by atoms with E-state index in [4.69, 9.17) is 4.52 Å². The van der Waals surface area contributed by atoms with Crippen molar-refractivity contribution in [2.75, 3.05) is 0 Å². The third-order valence-electron chi connectivity index (χ3n) is 2.93. The van der Waals surface area contributed by atoms with Crippen LogP contribution in [0, 0.1) is 0 Å². The van der Waals surface area contributed by atoms with Crippen molar-refractivity contribution in [3.05, 3.63) is 17.0 Å². The summed E-state index contributed by atoms with van der Waals surface area (Å²) >= 11 is 3.44. The molecule has 1 heterocycles. The van der Waals surface area contributed by atoms with E-state index in [0.29, 0.717) is 11.8 Å². The molecule has 2 unspecified atom stereocenters. The molecule has 0 N–H and O–H groups in total. The van der Waals surface area contributed by atoms with Gasteiger partial charge in [0.15, 0.2) is 0 Å². The van der Waals surface area contributed by atoms with Gasteiger partial charge in [0.1, 0.15) is 5.76 Å². The number of aromatic nitrogens is 1. The van der Waals surface area contributed by atoms with Crippen molar-refractivity contribution in [1.82, 2.24) is 5.16 Å². The Hall–Kier alpha value is -0.310. The summed E-state index contributed by atoms with van der Waals surface area (Å²) in [7, 11) is 0. The highest BCUT2D eigenvalue weighted by atomic mass is 79.9. The van der Waals surface area contributed by atoms with Crippen molar-refractivity contribution < 1.29 is 4.52 Å². The Bertz CT molecular complexity index is 308. The summed E-state index contributed by atoms with van der Waals surface area (Å²) in [5.74, 6) is 2.28. The fourth-order valence-corrected chi connectivity index (χ4v) is 2.50. The van der Waals surface area contributed by atoms with E-state index in [1.807, 2.05) is 0 Å². The molecule has 0 fully saturated rings. The van der Waals surface area contributed by atoms with Gasteiger partial charge < -0.3 is 4.52 Å². The maximum atomic E-state index is 5.38. The van der Waals surface area contributed by atoms with Crippen molar-refractivity contribution in [3.8, 4) is 0 Å². The van der Waals surface area contributed by atoms with Gasteiger partial charge in [-0.25, -0.2) is 0 Å². The fourth-order valence-electron chi connectivity index (χ4n) is 2.10. The normalized spacial score (nSPS) is 27.3. The molecule has 3 heteroatoms. The van der Waals surface area contributed by atoms with Crippen LogP contribution in [0.25, 0.3) is 0 Å². The maximum absolute atomic E-state index is 5.38. The first-order chi connectivity index (χ1) is 6.24. The highest BCUT2D eigenvalue weighted by Gasteiger charge is 2.29. The molecule has 72 valence electrons. The van der Waals surface area contributed by atoms with E-state index < -0.39 is 0 Å². The van der Waals surface area contributed by atoms with Crippen LogP contribution in [0.1, 0.15) is 55.5 Å². The Morgan fingerprint density at radius 2 is 2.08 bits per heavy atom. The van der Waals surface area contributed by atoms with Crippen LogP contribution in [0.2, 0.25) is 0 Å². The molecule has 1 aliphatic carbocycles. The molecule has 1 aromatic rings. The molecular formula is C10H14BrNO. The molecule has 2 rings (SSSR count). The Labute approximate surface area is 86.8 Å². The van der Waals surface area contributed by atoms with Crippen LogP contribution in [0.4, 0.5) is 0 Å². The minimum Gasteiger partial charge on any atom is -0.361 e. The summed E-state index contributed by atoms with van der Waals surface area (Å²) in [5.41, 5.74) is 2.45. The number of halogens is 1. The van der Waals surface area contributed by atoms with Crippen molar-refractivity contribution in [2.24, 2.45) is 0 Å². The van der Waals surface area contributed by atoms with Gasteiger partial charge in [0.05, 0.1) is 5.69 Å². The number of hydrogen-bond acceptors (Lipinski definition) is 2. The van der Waals surface area contributed by atoms with Gasteiger partial charge in [-0.05, 0) is 18.8 Å². The summed E-state index contributed by atoms with van der Waals surface area (Å²) in [6, 6.07) is 0. The number of alkyl halides is 1. The number of hydrogen-bond donors (Lipinski definition) is 0. The Morgan fingerprint density at radius 3 is 2.77 bits per heavy atom. The number of nitrogens with zero attached hydrogens (tertiary/aromatic N) is 1. The molecule has 13 heavy (non-hydrogen) atoms. The largest absolute Gasteiger partial charge is 0.361 e. The zero-order valence-corrected chi connectivity index (χ0v) is 9.60. The number of fused-ring (bicyclic) bond motifs is 1. The van der Waals surface area contributed by atoms with Gasteiger partial charge in [-0.15, -0.1) is 0 Å². The van der Waals surface area contributed by atoms with Crippen LogP contribution >= 0.6 is 15.9 Å². The summed E-state index contributed by atoms with van der Waals surface area (Å²) in [6.07, 6.45) is 2.49. The van der Waals surface area contributed by atoms with Gasteiger partial charge in [-0.1, -0.05) is 34.9 Å². The van der Waals surface area contributed by atoms with E-state index >= 15 is 0 Å². The van der Waals surface area contributed by atoms with Gasteiger partial charge in [-0.3, -0.25) is 0 Å². The molecule has 0 saturated carbocycles. The van der Waals surface area contributed by atoms with E-state index in [9.17, 15) is 0 Å². The van der Waals surface area contributed by atoms with E-state index in [0.717, 1.165) is 16.8 Å². The third-order valence-corrected chi connectivity index (χ3v) is 3.46. The predicted molar refractivity (Wildman–Crippen MR) is 55.2 cm³/mol. The van der Waals surface area contributed by atoms with Crippen LogP contribution in [0.5, 0.6) is 0 Å².